The quantitative estimate of drug-likeness (QED) is 0.321. The van der Waals surface area contributed by atoms with Crippen molar-refractivity contribution < 1.29 is 4.00 Å². The molecule has 0 aliphatic carbocycles. The van der Waals surface area contributed by atoms with E-state index in [0.717, 1.165) is 4.00 Å². The van der Waals surface area contributed by atoms with E-state index >= 15 is 0 Å². The summed E-state index contributed by atoms with van der Waals surface area (Å²) in [6.07, 6.45) is 11.7. The summed E-state index contributed by atoms with van der Waals surface area (Å²) in [5.41, 5.74) is 0. The van der Waals surface area contributed by atoms with E-state index in [2.05, 4.69) is 20.8 Å². The molecule has 17 heavy (non-hydrogen) atoms. The van der Waals surface area contributed by atoms with Crippen LogP contribution in [0.15, 0.2) is 0 Å². The van der Waals surface area contributed by atoms with Crippen LogP contribution >= 0.6 is 11.8 Å². The first-order valence-electron chi connectivity index (χ1n) is 7.74. The average Bonchev–Trinajstić information content (AvgIpc) is 2.30. The van der Waals surface area contributed by atoms with Gasteiger partial charge >= 0.3 is 0 Å². The van der Waals surface area contributed by atoms with E-state index in [-0.39, 0.29) is 0 Å². The van der Waals surface area contributed by atoms with Crippen LogP contribution in [0.1, 0.15) is 78.6 Å². The lowest BCUT2D eigenvalue weighted by Crippen LogP contribution is -2.41. The number of nitrogens with zero attached hydrogens (tertiary/aromatic N) is 1. The Labute approximate surface area is 114 Å². The fourth-order valence-corrected chi connectivity index (χ4v) is 2.63. The van der Waals surface area contributed by atoms with Crippen LogP contribution in [0.25, 0.3) is 0 Å². The third-order valence-corrected chi connectivity index (χ3v) is 3.99. The van der Waals surface area contributed by atoms with Gasteiger partial charge < -0.3 is 0 Å². The van der Waals surface area contributed by atoms with Gasteiger partial charge in [0.05, 0.1) is 19.6 Å². The predicted octanol–water partition coefficient (Wildman–Crippen LogP) is 5.53. The Morgan fingerprint density at radius 2 is 0.882 bits per heavy atom. The van der Waals surface area contributed by atoms with Gasteiger partial charge in [-0.2, -0.15) is 0 Å². The summed E-state index contributed by atoms with van der Waals surface area (Å²) < 4.78 is 0.806. The maximum atomic E-state index is 6.78. The molecule has 0 atom stereocenters. The molecule has 1 nitrogen and oxygen atoms in total. The molecule has 0 rings (SSSR count). The maximum Gasteiger partial charge on any atom is 0.165 e. The largest absolute Gasteiger partial charge is 0.222 e. The molecule has 0 aromatic rings. The van der Waals surface area contributed by atoms with Gasteiger partial charge in [0.25, 0.3) is 0 Å². The molecule has 0 unspecified atom stereocenters. The molecule has 104 valence electrons. The monoisotopic (exact) mass is 262 g/mol. The van der Waals surface area contributed by atoms with Gasteiger partial charge in [-0.1, -0.05) is 40.0 Å². The van der Waals surface area contributed by atoms with Crippen LogP contribution in [0.2, 0.25) is 0 Å². The highest BCUT2D eigenvalue weighted by atomic mass is 35.5. The third kappa shape index (κ3) is 9.91. The molecule has 0 aromatic carbocycles. The summed E-state index contributed by atoms with van der Waals surface area (Å²) in [6.45, 7) is 10.3. The molecule has 0 amide bonds. The molecule has 0 saturated carbocycles. The summed E-state index contributed by atoms with van der Waals surface area (Å²) >= 11 is 6.78. The first kappa shape index (κ1) is 17.2. The molecular weight excluding hydrogens is 230 g/mol. The number of halogens is 1. The van der Waals surface area contributed by atoms with Gasteiger partial charge in [0.2, 0.25) is 0 Å². The van der Waals surface area contributed by atoms with Gasteiger partial charge in [-0.05, 0) is 38.5 Å². The van der Waals surface area contributed by atoms with Crippen molar-refractivity contribution in [2.45, 2.75) is 78.6 Å². The SMILES string of the molecule is CCCCC[N+](Cl)(CCCCC)CCCCC. The molecule has 0 spiro atoms. The minimum absolute atomic E-state index is 0.806. The Morgan fingerprint density at radius 3 is 1.12 bits per heavy atom. The summed E-state index contributed by atoms with van der Waals surface area (Å²) in [6, 6.07) is 0. The van der Waals surface area contributed by atoms with Crippen molar-refractivity contribution in [3.8, 4) is 0 Å². The Hall–Kier alpha value is 0.250. The Kier molecular flexibility index (Phi) is 11.5. The molecule has 2 heteroatoms. The predicted molar refractivity (Wildman–Crippen MR) is 79.3 cm³/mol. The standard InChI is InChI=1S/C15H33ClN/c1-4-7-10-13-17(16,14-11-8-5-2)15-12-9-6-3/h4-15H2,1-3H3/q+1. The molecule has 0 N–H and O–H groups in total. The molecule has 0 heterocycles. The van der Waals surface area contributed by atoms with Crippen LogP contribution in [0.5, 0.6) is 0 Å². The zero-order valence-corrected chi connectivity index (χ0v) is 13.1. The van der Waals surface area contributed by atoms with Crippen LogP contribution in [0, 0.1) is 0 Å². The summed E-state index contributed by atoms with van der Waals surface area (Å²) in [4.78, 5) is 0. The van der Waals surface area contributed by atoms with Gasteiger partial charge in [0.15, 0.2) is 11.8 Å². The number of rotatable bonds is 12. The summed E-state index contributed by atoms with van der Waals surface area (Å²) in [5.74, 6) is 0. The number of hydrogen-bond donors (Lipinski definition) is 0. The lowest BCUT2D eigenvalue weighted by Gasteiger charge is -2.29. The van der Waals surface area contributed by atoms with E-state index in [4.69, 9.17) is 11.8 Å². The fraction of sp³-hybridized carbons (Fsp3) is 1.00. The second kappa shape index (κ2) is 11.3. The van der Waals surface area contributed by atoms with Crippen molar-refractivity contribution in [3.05, 3.63) is 0 Å². The topological polar surface area (TPSA) is 0 Å². The lowest BCUT2D eigenvalue weighted by molar-refractivity contribution is -0.816. The number of hydrogen-bond acceptors (Lipinski definition) is 0. The van der Waals surface area contributed by atoms with Gasteiger partial charge in [-0.25, -0.2) is 4.00 Å². The molecule has 0 saturated heterocycles. The minimum Gasteiger partial charge on any atom is -0.222 e. The minimum atomic E-state index is 0.806. The first-order valence-corrected chi connectivity index (χ1v) is 8.08. The maximum absolute atomic E-state index is 6.78. The fourth-order valence-electron chi connectivity index (χ4n) is 2.27. The zero-order valence-electron chi connectivity index (χ0n) is 12.3. The molecule has 0 aromatic heterocycles. The normalized spacial score (nSPS) is 12.0. The number of unbranched alkanes of at least 4 members (excludes halogenated alkanes) is 6. The van der Waals surface area contributed by atoms with Crippen molar-refractivity contribution >= 4 is 11.8 Å². The van der Waals surface area contributed by atoms with Crippen molar-refractivity contribution in [3.63, 3.8) is 0 Å². The Bertz CT molecular complexity index is 132. The van der Waals surface area contributed by atoms with Crippen LogP contribution in [-0.4, -0.2) is 23.6 Å². The second-order valence-corrected chi connectivity index (χ2v) is 6.04. The van der Waals surface area contributed by atoms with E-state index in [0.29, 0.717) is 0 Å². The van der Waals surface area contributed by atoms with Crippen LogP contribution < -0.4 is 0 Å². The highest BCUT2D eigenvalue weighted by Crippen LogP contribution is 2.19. The Morgan fingerprint density at radius 1 is 0.588 bits per heavy atom. The highest BCUT2D eigenvalue weighted by Gasteiger charge is 2.23. The molecule has 0 aliphatic heterocycles. The summed E-state index contributed by atoms with van der Waals surface area (Å²) in [7, 11) is 0. The van der Waals surface area contributed by atoms with Gasteiger partial charge in [0, 0.05) is 0 Å². The molecule has 0 radical (unpaired) electrons. The average molecular weight is 263 g/mol. The van der Waals surface area contributed by atoms with E-state index in [9.17, 15) is 0 Å². The smallest absolute Gasteiger partial charge is 0.165 e. The van der Waals surface area contributed by atoms with E-state index < -0.39 is 0 Å². The second-order valence-electron chi connectivity index (χ2n) is 5.32. The van der Waals surface area contributed by atoms with E-state index in [1.165, 1.54) is 77.4 Å². The number of quaternary nitrogens is 1. The molecule has 0 bridgehead atoms. The van der Waals surface area contributed by atoms with Crippen molar-refractivity contribution in [2.75, 3.05) is 19.6 Å². The third-order valence-electron chi connectivity index (χ3n) is 3.49. The van der Waals surface area contributed by atoms with Crippen molar-refractivity contribution in [1.82, 2.24) is 0 Å². The highest BCUT2D eigenvalue weighted by molar-refractivity contribution is 6.06. The first-order chi connectivity index (χ1) is 8.18. The van der Waals surface area contributed by atoms with E-state index in [1.807, 2.05) is 0 Å². The van der Waals surface area contributed by atoms with Gasteiger partial charge in [-0.3, -0.25) is 0 Å². The van der Waals surface area contributed by atoms with Crippen LogP contribution in [-0.2, 0) is 0 Å². The van der Waals surface area contributed by atoms with Crippen molar-refractivity contribution in [1.29, 1.82) is 0 Å². The van der Waals surface area contributed by atoms with Gasteiger partial charge in [0.1, 0.15) is 0 Å². The summed E-state index contributed by atoms with van der Waals surface area (Å²) in [5, 5.41) is 0. The van der Waals surface area contributed by atoms with E-state index in [1.54, 1.807) is 0 Å². The van der Waals surface area contributed by atoms with Gasteiger partial charge in [-0.15, -0.1) is 0 Å². The molecule has 0 aliphatic rings. The molecular formula is C15H33ClN+. The lowest BCUT2D eigenvalue weighted by atomic mass is 10.2. The van der Waals surface area contributed by atoms with Crippen molar-refractivity contribution in [2.24, 2.45) is 0 Å². The molecule has 0 fully saturated rings. The Balaban J connectivity index is 3.95. The van der Waals surface area contributed by atoms with Crippen LogP contribution in [0.4, 0.5) is 0 Å². The zero-order chi connectivity index (χ0) is 13.0. The van der Waals surface area contributed by atoms with Crippen LogP contribution in [0.3, 0.4) is 0 Å².